The third-order valence-electron chi connectivity index (χ3n) is 1.55. The number of hydrogen-bond donors (Lipinski definition) is 3. The summed E-state index contributed by atoms with van der Waals surface area (Å²) in [5.41, 5.74) is 0.567. The average Bonchev–Trinajstić information content (AvgIpc) is 2.03. The van der Waals surface area contributed by atoms with Gasteiger partial charge < -0.3 is 20.3 Å². The maximum Gasteiger partial charge on any atom is 0.142 e. The van der Waals surface area contributed by atoms with Gasteiger partial charge in [-0.25, -0.2) is 0 Å². The molecule has 0 spiro atoms. The fourth-order valence-electron chi connectivity index (χ4n) is 1.03. The van der Waals surface area contributed by atoms with E-state index in [4.69, 9.17) is 14.9 Å². The predicted molar refractivity (Wildman–Crippen MR) is 50.0 cm³/mol. The molecule has 0 saturated heterocycles. The zero-order valence-electron chi connectivity index (χ0n) is 7.61. The van der Waals surface area contributed by atoms with Gasteiger partial charge in [0.25, 0.3) is 0 Å². The standard InChI is InChI=1S/C9H13NO3/c1-6(11)10-8-5-7(12)3-4-9(8)13-2/h3-6,10-12H,1-2H3. The van der Waals surface area contributed by atoms with Crippen molar-refractivity contribution in [3.63, 3.8) is 0 Å². The SMILES string of the molecule is COc1ccc(O)cc1NC(C)O. The van der Waals surface area contributed by atoms with Crippen LogP contribution in [-0.2, 0) is 0 Å². The molecule has 0 amide bonds. The van der Waals surface area contributed by atoms with Crippen LogP contribution in [-0.4, -0.2) is 23.6 Å². The largest absolute Gasteiger partial charge is 0.508 e. The maximum absolute atomic E-state index is 9.17. The summed E-state index contributed by atoms with van der Waals surface area (Å²) in [7, 11) is 1.53. The van der Waals surface area contributed by atoms with Crippen molar-refractivity contribution in [2.24, 2.45) is 0 Å². The van der Waals surface area contributed by atoms with Crippen molar-refractivity contribution >= 4 is 5.69 Å². The van der Waals surface area contributed by atoms with Gasteiger partial charge in [-0.3, -0.25) is 0 Å². The number of aliphatic hydroxyl groups excluding tert-OH is 1. The van der Waals surface area contributed by atoms with Crippen molar-refractivity contribution in [2.45, 2.75) is 13.2 Å². The van der Waals surface area contributed by atoms with E-state index >= 15 is 0 Å². The first-order chi connectivity index (χ1) is 6.13. The fourth-order valence-corrected chi connectivity index (χ4v) is 1.03. The second kappa shape index (κ2) is 4.00. The Morgan fingerprint density at radius 2 is 2.15 bits per heavy atom. The second-order valence-corrected chi connectivity index (χ2v) is 2.70. The van der Waals surface area contributed by atoms with Crippen LogP contribution in [0.3, 0.4) is 0 Å². The third-order valence-corrected chi connectivity index (χ3v) is 1.55. The summed E-state index contributed by atoms with van der Waals surface area (Å²) < 4.78 is 5.02. The first-order valence-electron chi connectivity index (χ1n) is 3.95. The molecule has 4 heteroatoms. The van der Waals surface area contributed by atoms with Crippen LogP contribution in [0.5, 0.6) is 11.5 Å². The van der Waals surface area contributed by atoms with Gasteiger partial charge in [0.05, 0.1) is 12.8 Å². The lowest BCUT2D eigenvalue weighted by molar-refractivity contribution is 0.223. The normalized spacial score (nSPS) is 12.2. The number of phenols is 1. The number of ether oxygens (including phenoxy) is 1. The third kappa shape index (κ3) is 2.52. The fraction of sp³-hybridized carbons (Fsp3) is 0.333. The number of methoxy groups -OCH3 is 1. The Hall–Kier alpha value is -1.42. The summed E-state index contributed by atoms with van der Waals surface area (Å²) >= 11 is 0. The van der Waals surface area contributed by atoms with E-state index in [1.54, 1.807) is 13.0 Å². The Balaban J connectivity index is 2.94. The summed E-state index contributed by atoms with van der Waals surface area (Å²) in [5.74, 6) is 0.711. The molecule has 1 atom stereocenters. The Labute approximate surface area is 76.8 Å². The molecule has 72 valence electrons. The zero-order chi connectivity index (χ0) is 9.84. The molecule has 0 fully saturated rings. The summed E-state index contributed by atoms with van der Waals surface area (Å²) in [6, 6.07) is 4.64. The van der Waals surface area contributed by atoms with Gasteiger partial charge in [0.15, 0.2) is 0 Å². The lowest BCUT2D eigenvalue weighted by atomic mass is 10.2. The second-order valence-electron chi connectivity index (χ2n) is 2.70. The highest BCUT2D eigenvalue weighted by atomic mass is 16.5. The highest BCUT2D eigenvalue weighted by molar-refractivity contribution is 5.59. The van der Waals surface area contributed by atoms with Gasteiger partial charge in [0, 0.05) is 6.07 Å². The molecule has 0 heterocycles. The molecule has 0 aromatic heterocycles. The number of aliphatic hydroxyl groups is 1. The van der Waals surface area contributed by atoms with Gasteiger partial charge in [-0.2, -0.15) is 0 Å². The van der Waals surface area contributed by atoms with Crippen LogP contribution in [0.25, 0.3) is 0 Å². The van der Waals surface area contributed by atoms with Crippen molar-refractivity contribution in [1.82, 2.24) is 0 Å². The number of hydrogen-bond acceptors (Lipinski definition) is 4. The molecule has 0 aliphatic heterocycles. The number of anilines is 1. The van der Waals surface area contributed by atoms with Gasteiger partial charge in [-0.15, -0.1) is 0 Å². The van der Waals surface area contributed by atoms with Crippen LogP contribution < -0.4 is 10.1 Å². The molecule has 1 unspecified atom stereocenters. The monoisotopic (exact) mass is 183 g/mol. The number of rotatable bonds is 3. The van der Waals surface area contributed by atoms with E-state index in [0.29, 0.717) is 11.4 Å². The summed E-state index contributed by atoms with van der Waals surface area (Å²) in [4.78, 5) is 0. The minimum atomic E-state index is -0.685. The van der Waals surface area contributed by atoms with Gasteiger partial charge in [-0.1, -0.05) is 0 Å². The van der Waals surface area contributed by atoms with Gasteiger partial charge in [-0.05, 0) is 19.1 Å². The van der Waals surface area contributed by atoms with Gasteiger partial charge in [0.1, 0.15) is 17.7 Å². The quantitative estimate of drug-likeness (QED) is 0.615. The van der Waals surface area contributed by atoms with E-state index in [1.165, 1.54) is 19.2 Å². The van der Waals surface area contributed by atoms with E-state index in [2.05, 4.69) is 5.32 Å². The van der Waals surface area contributed by atoms with Crippen molar-refractivity contribution < 1.29 is 14.9 Å². The van der Waals surface area contributed by atoms with Crippen LogP contribution in [0, 0.1) is 0 Å². The number of nitrogens with one attached hydrogen (secondary N) is 1. The average molecular weight is 183 g/mol. The van der Waals surface area contributed by atoms with Crippen LogP contribution in [0.15, 0.2) is 18.2 Å². The van der Waals surface area contributed by atoms with E-state index in [0.717, 1.165) is 0 Å². The van der Waals surface area contributed by atoms with Crippen molar-refractivity contribution in [2.75, 3.05) is 12.4 Å². The Kier molecular flexibility index (Phi) is 2.97. The molecular formula is C9H13NO3. The van der Waals surface area contributed by atoms with E-state index in [1.807, 2.05) is 0 Å². The zero-order valence-corrected chi connectivity index (χ0v) is 7.61. The van der Waals surface area contributed by atoms with E-state index in [9.17, 15) is 0 Å². The molecule has 1 aromatic carbocycles. The molecule has 4 nitrogen and oxygen atoms in total. The lowest BCUT2D eigenvalue weighted by Gasteiger charge is -2.13. The van der Waals surface area contributed by atoms with E-state index < -0.39 is 6.23 Å². The molecule has 0 saturated carbocycles. The molecule has 13 heavy (non-hydrogen) atoms. The smallest absolute Gasteiger partial charge is 0.142 e. The predicted octanol–water partition coefficient (Wildman–Crippen LogP) is 1.15. The van der Waals surface area contributed by atoms with Crippen molar-refractivity contribution in [3.8, 4) is 11.5 Å². The topological polar surface area (TPSA) is 61.7 Å². The summed E-state index contributed by atoms with van der Waals surface area (Å²) in [5, 5.41) is 21.0. The first-order valence-corrected chi connectivity index (χ1v) is 3.95. The summed E-state index contributed by atoms with van der Waals surface area (Å²) in [6.45, 7) is 1.59. The Morgan fingerprint density at radius 1 is 1.46 bits per heavy atom. The Bertz CT molecular complexity index is 286. The van der Waals surface area contributed by atoms with Gasteiger partial charge in [0.2, 0.25) is 0 Å². The minimum absolute atomic E-state index is 0.129. The minimum Gasteiger partial charge on any atom is -0.508 e. The number of benzene rings is 1. The molecule has 0 aliphatic rings. The lowest BCUT2D eigenvalue weighted by Crippen LogP contribution is -2.13. The summed E-state index contributed by atoms with van der Waals surface area (Å²) in [6.07, 6.45) is -0.685. The molecule has 0 bridgehead atoms. The number of phenolic OH excluding ortho intramolecular Hbond substituents is 1. The molecule has 0 aliphatic carbocycles. The van der Waals surface area contributed by atoms with Crippen LogP contribution >= 0.6 is 0 Å². The molecule has 1 rings (SSSR count). The molecule has 0 radical (unpaired) electrons. The van der Waals surface area contributed by atoms with E-state index in [-0.39, 0.29) is 5.75 Å². The van der Waals surface area contributed by atoms with Crippen LogP contribution in [0.4, 0.5) is 5.69 Å². The number of aromatic hydroxyl groups is 1. The Morgan fingerprint density at radius 3 is 2.69 bits per heavy atom. The van der Waals surface area contributed by atoms with Gasteiger partial charge >= 0.3 is 0 Å². The van der Waals surface area contributed by atoms with Crippen LogP contribution in [0.1, 0.15) is 6.92 Å². The molecule has 1 aromatic rings. The molecular weight excluding hydrogens is 170 g/mol. The van der Waals surface area contributed by atoms with Crippen molar-refractivity contribution in [1.29, 1.82) is 0 Å². The molecule has 3 N–H and O–H groups in total. The van der Waals surface area contributed by atoms with Crippen LogP contribution in [0.2, 0.25) is 0 Å². The highest BCUT2D eigenvalue weighted by Crippen LogP contribution is 2.28. The first kappa shape index (κ1) is 9.67. The highest BCUT2D eigenvalue weighted by Gasteiger charge is 2.04. The maximum atomic E-state index is 9.17. The van der Waals surface area contributed by atoms with Crippen molar-refractivity contribution in [3.05, 3.63) is 18.2 Å².